The van der Waals surface area contributed by atoms with Gasteiger partial charge in [0.15, 0.2) is 5.72 Å². The lowest BCUT2D eigenvalue weighted by Gasteiger charge is -2.37. The van der Waals surface area contributed by atoms with Crippen molar-refractivity contribution in [3.05, 3.63) is 35.9 Å². The number of nitrogens with one attached hydrogen (secondary N) is 4. The van der Waals surface area contributed by atoms with E-state index in [0.717, 1.165) is 12.8 Å². The molecule has 1 aromatic carbocycles. The summed E-state index contributed by atoms with van der Waals surface area (Å²) in [5.74, 6) is -0.603. The van der Waals surface area contributed by atoms with Crippen LogP contribution in [0.25, 0.3) is 0 Å². The largest absolute Gasteiger partial charge is 0.444 e. The van der Waals surface area contributed by atoms with Crippen molar-refractivity contribution in [1.29, 1.82) is 0 Å². The van der Waals surface area contributed by atoms with Gasteiger partial charge in [0.2, 0.25) is 12.1 Å². The highest BCUT2D eigenvalue weighted by Gasteiger charge is 2.45. The summed E-state index contributed by atoms with van der Waals surface area (Å²) < 4.78 is 5.47. The summed E-state index contributed by atoms with van der Waals surface area (Å²) in [5, 5.41) is 17.3. The predicted octanol–water partition coefficient (Wildman–Crippen LogP) is 1.95. The van der Waals surface area contributed by atoms with Crippen LogP contribution in [-0.2, 0) is 9.53 Å². The zero-order valence-corrected chi connectivity index (χ0v) is 18.8. The van der Waals surface area contributed by atoms with Crippen LogP contribution in [0.1, 0.15) is 62.7 Å². The number of thiocarbonyl (C=S) groups is 1. The summed E-state index contributed by atoms with van der Waals surface area (Å²) >= 11 is 4.98. The van der Waals surface area contributed by atoms with E-state index in [1.165, 1.54) is 0 Å². The molecule has 0 spiro atoms. The van der Waals surface area contributed by atoms with Gasteiger partial charge >= 0.3 is 0 Å². The molecule has 2 amide bonds. The Morgan fingerprint density at radius 3 is 2.61 bits per heavy atom. The van der Waals surface area contributed by atoms with Crippen LogP contribution in [0.5, 0.6) is 0 Å². The number of hydrazine groups is 1. The molecule has 5 N–H and O–H groups in total. The Kier molecular flexibility index (Phi) is 7.85. The zero-order chi connectivity index (χ0) is 22.4. The van der Waals surface area contributed by atoms with Crippen molar-refractivity contribution >= 4 is 29.2 Å². The van der Waals surface area contributed by atoms with Crippen LogP contribution in [0.2, 0.25) is 0 Å². The highest BCUT2D eigenvalue weighted by molar-refractivity contribution is 7.80. The van der Waals surface area contributed by atoms with E-state index >= 15 is 0 Å². The average molecular weight is 449 g/mol. The first-order valence-electron chi connectivity index (χ1n) is 10.9. The Labute approximate surface area is 188 Å². The van der Waals surface area contributed by atoms with Gasteiger partial charge in [0.05, 0.1) is 5.92 Å². The number of hydrogen-bond acceptors (Lipinski definition) is 6. The lowest BCUT2D eigenvalue weighted by Crippen LogP contribution is -2.63. The van der Waals surface area contributed by atoms with E-state index in [4.69, 9.17) is 17.0 Å². The molecule has 8 nitrogen and oxygen atoms in total. The minimum absolute atomic E-state index is 0.118. The summed E-state index contributed by atoms with van der Waals surface area (Å²) in [6, 6.07) is 8.66. The second-order valence-electron chi connectivity index (χ2n) is 8.74. The minimum Gasteiger partial charge on any atom is -0.444 e. The number of amides is 2. The fourth-order valence-corrected chi connectivity index (χ4v) is 4.20. The Bertz CT molecular complexity index is 791. The summed E-state index contributed by atoms with van der Waals surface area (Å²) in [7, 11) is 0. The first-order chi connectivity index (χ1) is 14.8. The quantitative estimate of drug-likeness (QED) is 0.305. The van der Waals surface area contributed by atoms with Gasteiger partial charge < -0.3 is 20.5 Å². The molecule has 31 heavy (non-hydrogen) atoms. The van der Waals surface area contributed by atoms with Gasteiger partial charge in [-0.25, -0.2) is 0 Å². The minimum atomic E-state index is -1.64. The molecular formula is C22H32N4O4S. The number of carbonyl (C=O) groups is 2. The van der Waals surface area contributed by atoms with Gasteiger partial charge in [-0.1, -0.05) is 44.9 Å². The number of aliphatic hydroxyl groups is 1. The van der Waals surface area contributed by atoms with Gasteiger partial charge in [-0.05, 0) is 49.5 Å². The number of hydrogen-bond donors (Lipinski definition) is 5. The Hall–Kier alpha value is -2.23. The van der Waals surface area contributed by atoms with Crippen molar-refractivity contribution in [2.24, 2.45) is 11.8 Å². The van der Waals surface area contributed by atoms with Crippen molar-refractivity contribution in [2.45, 2.75) is 70.4 Å². The molecule has 1 aliphatic heterocycles. The van der Waals surface area contributed by atoms with E-state index in [1.807, 2.05) is 32.0 Å². The lowest BCUT2D eigenvalue weighted by atomic mass is 9.83. The lowest BCUT2D eigenvalue weighted by molar-refractivity contribution is -0.147. The summed E-state index contributed by atoms with van der Waals surface area (Å²) in [4.78, 5) is 25.9. The SMILES string of the molecule is CC(C)CC[C@@](O)(NC(=O)[C@@H]1CCCC[C@@H]1NC(=O)c1ccccc1)[C@H]1NNC(=S)O1. The van der Waals surface area contributed by atoms with Crippen molar-refractivity contribution in [3.63, 3.8) is 0 Å². The molecule has 1 saturated carbocycles. The van der Waals surface area contributed by atoms with Crippen molar-refractivity contribution in [3.8, 4) is 0 Å². The van der Waals surface area contributed by atoms with Crippen LogP contribution in [0.4, 0.5) is 0 Å². The van der Waals surface area contributed by atoms with E-state index < -0.39 is 17.9 Å². The maximum atomic E-state index is 13.3. The zero-order valence-electron chi connectivity index (χ0n) is 18.0. The number of ether oxygens (including phenoxy) is 1. The molecule has 1 heterocycles. The van der Waals surface area contributed by atoms with Gasteiger partial charge in [-0.3, -0.25) is 15.0 Å². The fraction of sp³-hybridized carbons (Fsp3) is 0.591. The van der Waals surface area contributed by atoms with Crippen molar-refractivity contribution in [1.82, 2.24) is 21.5 Å². The molecule has 2 aliphatic rings. The Morgan fingerprint density at radius 2 is 1.97 bits per heavy atom. The monoisotopic (exact) mass is 448 g/mol. The van der Waals surface area contributed by atoms with Crippen LogP contribution < -0.4 is 21.5 Å². The predicted molar refractivity (Wildman–Crippen MR) is 121 cm³/mol. The average Bonchev–Trinajstić information content (AvgIpc) is 3.20. The first-order valence-corrected chi connectivity index (χ1v) is 11.3. The molecule has 2 fully saturated rings. The fourth-order valence-electron chi connectivity index (χ4n) is 4.04. The van der Waals surface area contributed by atoms with Crippen molar-refractivity contribution in [2.75, 3.05) is 0 Å². The van der Waals surface area contributed by atoms with Gasteiger partial charge in [-0.15, -0.1) is 0 Å². The maximum Gasteiger partial charge on any atom is 0.273 e. The second kappa shape index (κ2) is 10.4. The van der Waals surface area contributed by atoms with Crippen molar-refractivity contribution < 1.29 is 19.4 Å². The van der Waals surface area contributed by atoms with Gasteiger partial charge in [0, 0.05) is 18.0 Å². The molecule has 0 aromatic heterocycles. The smallest absolute Gasteiger partial charge is 0.273 e. The summed E-state index contributed by atoms with van der Waals surface area (Å²) in [5.41, 5.74) is 4.38. The highest BCUT2D eigenvalue weighted by atomic mass is 32.1. The summed E-state index contributed by atoms with van der Waals surface area (Å²) in [6.07, 6.45) is 3.27. The van der Waals surface area contributed by atoms with Gasteiger partial charge in [-0.2, -0.15) is 5.43 Å². The molecular weight excluding hydrogens is 416 g/mol. The first kappa shape index (κ1) is 23.4. The molecule has 4 atom stereocenters. The van der Waals surface area contributed by atoms with Gasteiger partial charge in [0.25, 0.3) is 11.1 Å². The van der Waals surface area contributed by atoms with Crippen LogP contribution in [0.15, 0.2) is 30.3 Å². The Morgan fingerprint density at radius 1 is 1.26 bits per heavy atom. The maximum absolute atomic E-state index is 13.3. The molecule has 9 heteroatoms. The third kappa shape index (κ3) is 6.15. The highest BCUT2D eigenvalue weighted by Crippen LogP contribution is 2.28. The normalized spacial score (nSPS) is 25.3. The molecule has 1 aliphatic carbocycles. The van der Waals surface area contributed by atoms with Crippen LogP contribution in [0.3, 0.4) is 0 Å². The van der Waals surface area contributed by atoms with Crippen LogP contribution in [-0.4, -0.2) is 40.1 Å². The van der Waals surface area contributed by atoms with E-state index in [1.54, 1.807) is 12.1 Å². The number of benzene rings is 1. The van der Waals surface area contributed by atoms with E-state index in [0.29, 0.717) is 37.2 Å². The molecule has 1 aromatic rings. The molecule has 0 unspecified atom stereocenters. The number of carbonyl (C=O) groups excluding carboxylic acids is 2. The third-order valence-electron chi connectivity index (χ3n) is 5.86. The summed E-state index contributed by atoms with van der Waals surface area (Å²) in [6.45, 7) is 4.09. The van der Waals surface area contributed by atoms with E-state index in [2.05, 4.69) is 21.5 Å². The third-order valence-corrected chi connectivity index (χ3v) is 6.06. The van der Waals surface area contributed by atoms with E-state index in [-0.39, 0.29) is 23.0 Å². The molecule has 0 radical (unpaired) electrons. The van der Waals surface area contributed by atoms with Crippen LogP contribution >= 0.6 is 12.2 Å². The standard InChI is InChI=1S/C22H32N4O4S/c1-14(2)12-13-22(29,20-25-26-21(31)30-20)24-19(28)16-10-6-7-11-17(16)23-18(27)15-8-4-3-5-9-15/h3-5,8-9,14,16-17,20,25,29H,6-7,10-13H2,1-2H3,(H,23,27)(H,24,28)(H,26,31)/t16-,17+,20+,22+/m1/s1. The van der Waals surface area contributed by atoms with Crippen LogP contribution in [0, 0.1) is 11.8 Å². The molecule has 0 bridgehead atoms. The topological polar surface area (TPSA) is 112 Å². The van der Waals surface area contributed by atoms with E-state index in [9.17, 15) is 14.7 Å². The molecule has 3 rings (SSSR count). The molecule has 1 saturated heterocycles. The second-order valence-corrected chi connectivity index (χ2v) is 9.11. The molecule has 170 valence electrons. The Balaban J connectivity index is 1.71. The number of rotatable bonds is 8. The van der Waals surface area contributed by atoms with Gasteiger partial charge in [0.1, 0.15) is 0 Å².